The number of hydrogen-bond acceptors (Lipinski definition) is 3. The van der Waals surface area contributed by atoms with Crippen LogP contribution in [0.3, 0.4) is 0 Å². The van der Waals surface area contributed by atoms with E-state index >= 15 is 0 Å². The fourth-order valence-corrected chi connectivity index (χ4v) is 5.58. The molecule has 1 aromatic carbocycles. The Morgan fingerprint density at radius 1 is 1.11 bits per heavy atom. The average molecular weight is 389 g/mol. The molecule has 0 aromatic heterocycles. The fourth-order valence-electron chi connectivity index (χ4n) is 3.91. The molecule has 0 amide bonds. The van der Waals surface area contributed by atoms with E-state index in [9.17, 15) is 9.59 Å². The van der Waals surface area contributed by atoms with Crippen molar-refractivity contribution < 1.29 is 14.3 Å². The van der Waals surface area contributed by atoms with E-state index in [1.54, 1.807) is 6.92 Å². The van der Waals surface area contributed by atoms with Gasteiger partial charge in [0.05, 0.1) is 6.61 Å². The van der Waals surface area contributed by atoms with Crippen LogP contribution in [0.25, 0.3) is 0 Å². The third-order valence-electron chi connectivity index (χ3n) is 5.30. The minimum Gasteiger partial charge on any atom is -0.493 e. The van der Waals surface area contributed by atoms with Gasteiger partial charge < -0.3 is 9.53 Å². The smallest absolute Gasteiger partial charge is 0.140 e. The van der Waals surface area contributed by atoms with Crippen LogP contribution in [0.4, 0.5) is 0 Å². The molecule has 2 rings (SSSR count). The SMILES string of the molecule is CC(=O)CCc1c2cccc1[C@H](C[Si](C)(C)C)C(=O)CCCCCCCO2. The molecule has 0 fully saturated rings. The molecule has 1 aliphatic heterocycles. The summed E-state index contributed by atoms with van der Waals surface area (Å²) in [5, 5.41) is 0. The molecular weight excluding hydrogens is 352 g/mol. The highest BCUT2D eigenvalue weighted by Crippen LogP contribution is 2.36. The molecule has 0 saturated heterocycles. The molecule has 2 bridgehead atoms. The van der Waals surface area contributed by atoms with Crippen molar-refractivity contribution in [3.05, 3.63) is 29.3 Å². The molecule has 1 aromatic rings. The van der Waals surface area contributed by atoms with Gasteiger partial charge in [-0.25, -0.2) is 0 Å². The van der Waals surface area contributed by atoms with Crippen LogP contribution >= 0.6 is 0 Å². The molecule has 0 spiro atoms. The van der Waals surface area contributed by atoms with Gasteiger partial charge in [-0.05, 0) is 49.4 Å². The van der Waals surface area contributed by atoms with E-state index in [4.69, 9.17) is 4.74 Å². The molecular formula is C23H36O3Si. The van der Waals surface area contributed by atoms with Crippen LogP contribution in [-0.2, 0) is 16.0 Å². The predicted molar refractivity (Wildman–Crippen MR) is 115 cm³/mol. The third kappa shape index (κ3) is 7.25. The monoisotopic (exact) mass is 388 g/mol. The first kappa shape index (κ1) is 21.9. The number of carbonyl (C=O) groups excluding carboxylic acids is 2. The maximum atomic E-state index is 13.2. The molecule has 1 aliphatic rings. The molecule has 27 heavy (non-hydrogen) atoms. The summed E-state index contributed by atoms with van der Waals surface area (Å²) in [4.78, 5) is 24.8. The first-order chi connectivity index (χ1) is 12.8. The number of fused-ring (bicyclic) bond motifs is 2. The van der Waals surface area contributed by atoms with Gasteiger partial charge in [0.2, 0.25) is 0 Å². The van der Waals surface area contributed by atoms with E-state index in [-0.39, 0.29) is 11.7 Å². The summed E-state index contributed by atoms with van der Waals surface area (Å²) >= 11 is 0. The van der Waals surface area contributed by atoms with E-state index < -0.39 is 8.07 Å². The van der Waals surface area contributed by atoms with Crippen LogP contribution in [0.5, 0.6) is 5.75 Å². The van der Waals surface area contributed by atoms with Gasteiger partial charge in [-0.1, -0.05) is 51.0 Å². The Labute approximate surface area is 165 Å². The standard InChI is InChI=1S/C23H36O3Si/c1-18(24)14-15-20-19-11-10-13-23(20)26-16-9-7-5-6-8-12-22(25)21(19)17-27(2,3)4/h10-11,13,21H,5-9,12,14-17H2,1-4H3/t21-/m0/s1. The van der Waals surface area contributed by atoms with Gasteiger partial charge in [-0.15, -0.1) is 0 Å². The zero-order valence-corrected chi connectivity index (χ0v) is 18.6. The van der Waals surface area contributed by atoms with Crippen molar-refractivity contribution in [1.82, 2.24) is 0 Å². The summed E-state index contributed by atoms with van der Waals surface area (Å²) in [6.07, 6.45) is 7.32. The van der Waals surface area contributed by atoms with Crippen LogP contribution in [0.1, 0.15) is 68.9 Å². The Kier molecular flexibility index (Phi) is 8.27. The van der Waals surface area contributed by atoms with Gasteiger partial charge in [0, 0.05) is 26.8 Å². The highest BCUT2D eigenvalue weighted by Gasteiger charge is 2.29. The Morgan fingerprint density at radius 3 is 2.52 bits per heavy atom. The van der Waals surface area contributed by atoms with E-state index in [2.05, 4.69) is 25.7 Å². The zero-order chi connectivity index (χ0) is 19.9. The minimum atomic E-state index is -1.43. The van der Waals surface area contributed by atoms with Crippen molar-refractivity contribution in [3.8, 4) is 5.75 Å². The lowest BCUT2D eigenvalue weighted by Gasteiger charge is -2.27. The summed E-state index contributed by atoms with van der Waals surface area (Å²) in [5.74, 6) is 1.38. The van der Waals surface area contributed by atoms with Crippen molar-refractivity contribution in [2.75, 3.05) is 6.61 Å². The molecule has 0 unspecified atom stereocenters. The van der Waals surface area contributed by atoms with Crippen molar-refractivity contribution in [1.29, 1.82) is 0 Å². The zero-order valence-electron chi connectivity index (χ0n) is 17.6. The minimum absolute atomic E-state index is 0.0528. The largest absolute Gasteiger partial charge is 0.493 e. The summed E-state index contributed by atoms with van der Waals surface area (Å²) in [7, 11) is -1.43. The predicted octanol–water partition coefficient (Wildman–Crippen LogP) is 5.93. The Morgan fingerprint density at radius 2 is 1.81 bits per heavy atom. The second-order valence-corrected chi connectivity index (χ2v) is 14.7. The lowest BCUT2D eigenvalue weighted by Crippen LogP contribution is -2.27. The lowest BCUT2D eigenvalue weighted by molar-refractivity contribution is -0.120. The average Bonchev–Trinajstić information content (AvgIpc) is 2.59. The summed E-state index contributed by atoms with van der Waals surface area (Å²) in [6.45, 7) is 9.34. The van der Waals surface area contributed by atoms with Crippen LogP contribution in [0.15, 0.2) is 18.2 Å². The number of Topliss-reactive ketones (excluding diaryl/α,β-unsaturated/α-hetero) is 2. The maximum absolute atomic E-state index is 13.2. The highest BCUT2D eigenvalue weighted by atomic mass is 28.3. The number of hydrogen-bond donors (Lipinski definition) is 0. The molecule has 3 nitrogen and oxygen atoms in total. The second-order valence-electron chi connectivity index (χ2n) is 9.18. The van der Waals surface area contributed by atoms with Gasteiger partial charge in [-0.3, -0.25) is 4.79 Å². The summed E-state index contributed by atoms with van der Waals surface area (Å²) in [5.41, 5.74) is 2.20. The number of benzene rings is 1. The highest BCUT2D eigenvalue weighted by molar-refractivity contribution is 6.76. The van der Waals surface area contributed by atoms with Gasteiger partial charge in [0.1, 0.15) is 17.3 Å². The van der Waals surface area contributed by atoms with Gasteiger partial charge >= 0.3 is 0 Å². The summed E-state index contributed by atoms with van der Waals surface area (Å²) in [6, 6.07) is 7.09. The number of rotatable bonds is 5. The van der Waals surface area contributed by atoms with Crippen LogP contribution in [0, 0.1) is 0 Å². The number of ketones is 2. The molecule has 0 radical (unpaired) electrons. The molecule has 1 heterocycles. The number of carbonyl (C=O) groups is 2. The lowest BCUT2D eigenvalue weighted by atomic mass is 9.87. The van der Waals surface area contributed by atoms with E-state index in [0.29, 0.717) is 31.7 Å². The molecule has 0 N–H and O–H groups in total. The second kappa shape index (κ2) is 10.2. The first-order valence-electron chi connectivity index (χ1n) is 10.5. The molecule has 4 heteroatoms. The normalized spacial score (nSPS) is 19.4. The first-order valence-corrected chi connectivity index (χ1v) is 14.3. The van der Waals surface area contributed by atoms with Gasteiger partial charge in [0.15, 0.2) is 0 Å². The van der Waals surface area contributed by atoms with Crippen molar-refractivity contribution in [2.24, 2.45) is 0 Å². The number of ether oxygens (including phenoxy) is 1. The van der Waals surface area contributed by atoms with E-state index in [1.165, 1.54) is 6.42 Å². The molecule has 150 valence electrons. The van der Waals surface area contributed by atoms with Gasteiger partial charge in [0.25, 0.3) is 0 Å². The van der Waals surface area contributed by atoms with Crippen LogP contribution < -0.4 is 4.74 Å². The van der Waals surface area contributed by atoms with Crippen molar-refractivity contribution in [3.63, 3.8) is 0 Å². The van der Waals surface area contributed by atoms with E-state index in [0.717, 1.165) is 48.6 Å². The van der Waals surface area contributed by atoms with E-state index in [1.807, 2.05) is 12.1 Å². The quantitative estimate of drug-likeness (QED) is 0.587. The summed E-state index contributed by atoms with van der Waals surface area (Å²) < 4.78 is 6.13. The van der Waals surface area contributed by atoms with Crippen molar-refractivity contribution >= 4 is 19.6 Å². The fraction of sp³-hybridized carbons (Fsp3) is 0.652. The topological polar surface area (TPSA) is 43.4 Å². The third-order valence-corrected chi connectivity index (χ3v) is 6.93. The van der Waals surface area contributed by atoms with Gasteiger partial charge in [-0.2, -0.15) is 0 Å². The Hall–Kier alpha value is -1.42. The molecule has 1 atom stereocenters. The Balaban J connectivity index is 2.46. The van der Waals surface area contributed by atoms with Crippen molar-refractivity contribution in [2.45, 2.75) is 89.9 Å². The van der Waals surface area contributed by atoms with Crippen LogP contribution in [-0.4, -0.2) is 26.2 Å². The Bertz CT molecular complexity index is 646. The van der Waals surface area contributed by atoms with Crippen LogP contribution in [0.2, 0.25) is 25.7 Å². The maximum Gasteiger partial charge on any atom is 0.140 e. The molecule has 0 saturated carbocycles. The molecule has 0 aliphatic carbocycles.